The summed E-state index contributed by atoms with van der Waals surface area (Å²) in [7, 11) is 0. The molecule has 2 N–H and O–H groups in total. The number of carbonyl (C=O) groups excluding carboxylic acids is 2. The van der Waals surface area contributed by atoms with Crippen LogP contribution in [0.3, 0.4) is 0 Å². The molecular weight excluding hydrogens is 434 g/mol. The van der Waals surface area contributed by atoms with Crippen LogP contribution in [0.25, 0.3) is 0 Å². The van der Waals surface area contributed by atoms with Crippen molar-refractivity contribution in [1.82, 2.24) is 10.5 Å². The Morgan fingerprint density at radius 1 is 1.13 bits per heavy atom. The Morgan fingerprint density at radius 2 is 1.84 bits per heavy atom. The van der Waals surface area contributed by atoms with Crippen molar-refractivity contribution in [2.24, 2.45) is 0 Å². The highest BCUT2D eigenvalue weighted by Crippen LogP contribution is 2.21. The molecule has 3 aromatic rings. The molecule has 0 saturated carbocycles. The molecule has 0 saturated heterocycles. The van der Waals surface area contributed by atoms with E-state index in [1.165, 1.54) is 11.8 Å². The van der Waals surface area contributed by atoms with E-state index in [9.17, 15) is 9.59 Å². The van der Waals surface area contributed by atoms with Gasteiger partial charge in [-0.3, -0.25) is 9.59 Å². The van der Waals surface area contributed by atoms with Crippen LogP contribution in [0.4, 0.5) is 5.82 Å². The summed E-state index contributed by atoms with van der Waals surface area (Å²) in [5.74, 6) is 0.780. The Balaban J connectivity index is 1.56. The summed E-state index contributed by atoms with van der Waals surface area (Å²) < 4.78 is 4.94. The maximum atomic E-state index is 12.6. The van der Waals surface area contributed by atoms with Crippen LogP contribution >= 0.6 is 23.4 Å². The SMILES string of the molecule is Cc1cc(NC(=O)C(C)SCC(=O)NC(Cc2ccc(Cl)cc2)c2ccccc2)no1. The lowest BCUT2D eigenvalue weighted by Gasteiger charge is -2.20. The lowest BCUT2D eigenvalue weighted by atomic mass is 9.99. The van der Waals surface area contributed by atoms with Crippen LogP contribution in [0.2, 0.25) is 5.02 Å². The van der Waals surface area contributed by atoms with Crippen molar-refractivity contribution in [3.05, 3.63) is 82.6 Å². The van der Waals surface area contributed by atoms with Crippen LogP contribution in [0, 0.1) is 6.92 Å². The Kier molecular flexibility index (Phi) is 8.14. The smallest absolute Gasteiger partial charge is 0.238 e. The minimum absolute atomic E-state index is 0.134. The Hall–Kier alpha value is -2.77. The summed E-state index contributed by atoms with van der Waals surface area (Å²) in [6.07, 6.45) is 0.638. The second kappa shape index (κ2) is 11.0. The molecule has 8 heteroatoms. The number of thioether (sulfide) groups is 1. The van der Waals surface area contributed by atoms with Crippen molar-refractivity contribution in [3.63, 3.8) is 0 Å². The Labute approximate surface area is 190 Å². The van der Waals surface area contributed by atoms with Crippen LogP contribution in [-0.2, 0) is 16.0 Å². The maximum absolute atomic E-state index is 12.6. The van der Waals surface area contributed by atoms with Gasteiger partial charge in [-0.15, -0.1) is 11.8 Å². The first-order valence-electron chi connectivity index (χ1n) is 9.85. The van der Waals surface area contributed by atoms with Gasteiger partial charge in [-0.1, -0.05) is 59.2 Å². The van der Waals surface area contributed by atoms with E-state index >= 15 is 0 Å². The largest absolute Gasteiger partial charge is 0.360 e. The number of rotatable bonds is 9. The Bertz CT molecular complexity index is 1010. The fourth-order valence-corrected chi connectivity index (χ4v) is 3.78. The summed E-state index contributed by atoms with van der Waals surface area (Å²) in [6.45, 7) is 3.50. The van der Waals surface area contributed by atoms with Crippen molar-refractivity contribution in [1.29, 1.82) is 0 Å². The number of nitrogens with zero attached hydrogens (tertiary/aromatic N) is 1. The van der Waals surface area contributed by atoms with Gasteiger partial charge >= 0.3 is 0 Å². The van der Waals surface area contributed by atoms with E-state index in [1.807, 2.05) is 54.6 Å². The Morgan fingerprint density at radius 3 is 2.48 bits per heavy atom. The van der Waals surface area contributed by atoms with E-state index in [0.29, 0.717) is 23.0 Å². The van der Waals surface area contributed by atoms with Crippen LogP contribution in [0.1, 0.15) is 29.9 Å². The minimum Gasteiger partial charge on any atom is -0.360 e. The lowest BCUT2D eigenvalue weighted by molar-refractivity contribution is -0.119. The topological polar surface area (TPSA) is 84.2 Å². The molecule has 6 nitrogen and oxygen atoms in total. The third kappa shape index (κ3) is 7.15. The fourth-order valence-electron chi connectivity index (χ4n) is 2.96. The van der Waals surface area contributed by atoms with E-state index < -0.39 is 5.25 Å². The third-order valence-corrected chi connectivity index (χ3v) is 6.00. The molecule has 3 rings (SSSR count). The van der Waals surface area contributed by atoms with Gasteiger partial charge in [-0.25, -0.2) is 0 Å². The van der Waals surface area contributed by atoms with Gasteiger partial charge in [-0.2, -0.15) is 0 Å². The monoisotopic (exact) mass is 457 g/mol. The lowest BCUT2D eigenvalue weighted by Crippen LogP contribution is -2.32. The number of nitrogens with one attached hydrogen (secondary N) is 2. The van der Waals surface area contributed by atoms with Gasteiger partial charge in [0.15, 0.2) is 5.82 Å². The second-order valence-corrected chi connectivity index (χ2v) is 8.89. The van der Waals surface area contributed by atoms with E-state index in [4.69, 9.17) is 16.1 Å². The van der Waals surface area contributed by atoms with E-state index in [1.54, 1.807) is 19.9 Å². The molecule has 1 aromatic heterocycles. The predicted octanol–water partition coefficient (Wildman–Crippen LogP) is 4.80. The zero-order chi connectivity index (χ0) is 22.2. The van der Waals surface area contributed by atoms with Gasteiger partial charge in [-0.05, 0) is 43.5 Å². The first-order chi connectivity index (χ1) is 14.9. The van der Waals surface area contributed by atoms with Crippen molar-refractivity contribution >= 4 is 41.0 Å². The quantitative estimate of drug-likeness (QED) is 0.482. The van der Waals surface area contributed by atoms with E-state index in [-0.39, 0.29) is 23.6 Å². The maximum Gasteiger partial charge on any atom is 0.238 e. The molecule has 0 aliphatic heterocycles. The van der Waals surface area contributed by atoms with E-state index in [0.717, 1.165) is 11.1 Å². The molecule has 1 heterocycles. The first kappa shape index (κ1) is 22.9. The molecule has 0 fully saturated rings. The number of halogens is 1. The highest BCUT2D eigenvalue weighted by atomic mass is 35.5. The van der Waals surface area contributed by atoms with Crippen LogP contribution in [-0.4, -0.2) is 28.0 Å². The molecule has 0 aliphatic carbocycles. The summed E-state index contributed by atoms with van der Waals surface area (Å²) in [5.41, 5.74) is 2.09. The molecular formula is C23H24ClN3O3S. The van der Waals surface area contributed by atoms with Gasteiger partial charge in [0.2, 0.25) is 11.8 Å². The summed E-state index contributed by atoms with van der Waals surface area (Å²) in [5, 5.41) is 9.78. The molecule has 31 heavy (non-hydrogen) atoms. The zero-order valence-electron chi connectivity index (χ0n) is 17.3. The standard InChI is InChI=1S/C23H24ClN3O3S/c1-15-12-21(27-30-15)26-23(29)16(2)31-14-22(28)25-20(18-6-4-3-5-7-18)13-17-8-10-19(24)11-9-17/h3-12,16,20H,13-14H2,1-2H3,(H,25,28)(H,26,27,29). The fraction of sp³-hybridized carbons (Fsp3) is 0.261. The molecule has 2 amide bonds. The first-order valence-corrected chi connectivity index (χ1v) is 11.3. The average molecular weight is 458 g/mol. The summed E-state index contributed by atoms with van der Waals surface area (Å²) in [4.78, 5) is 24.9. The summed E-state index contributed by atoms with van der Waals surface area (Å²) >= 11 is 7.25. The van der Waals surface area contributed by atoms with Gasteiger partial charge in [0, 0.05) is 11.1 Å². The number of aromatic nitrogens is 1. The summed E-state index contributed by atoms with van der Waals surface area (Å²) in [6, 6.07) is 18.9. The van der Waals surface area contributed by atoms with Crippen molar-refractivity contribution < 1.29 is 14.1 Å². The highest BCUT2D eigenvalue weighted by Gasteiger charge is 2.19. The number of aryl methyl sites for hydroxylation is 1. The third-order valence-electron chi connectivity index (χ3n) is 4.60. The molecule has 0 radical (unpaired) electrons. The number of hydrogen-bond acceptors (Lipinski definition) is 5. The molecule has 2 unspecified atom stereocenters. The number of carbonyl (C=O) groups is 2. The predicted molar refractivity (Wildman–Crippen MR) is 124 cm³/mol. The molecule has 2 aromatic carbocycles. The van der Waals surface area contributed by atoms with Crippen molar-refractivity contribution in [3.8, 4) is 0 Å². The van der Waals surface area contributed by atoms with Gasteiger partial charge in [0.25, 0.3) is 0 Å². The second-order valence-electron chi connectivity index (χ2n) is 7.13. The number of hydrogen-bond donors (Lipinski definition) is 2. The number of anilines is 1. The van der Waals surface area contributed by atoms with Crippen molar-refractivity contribution in [2.45, 2.75) is 31.6 Å². The highest BCUT2D eigenvalue weighted by molar-refractivity contribution is 8.01. The van der Waals surface area contributed by atoms with Gasteiger partial charge < -0.3 is 15.2 Å². The minimum atomic E-state index is -0.422. The van der Waals surface area contributed by atoms with Crippen LogP contribution in [0.5, 0.6) is 0 Å². The molecule has 0 spiro atoms. The normalized spacial score (nSPS) is 12.7. The van der Waals surface area contributed by atoms with Gasteiger partial charge in [0.1, 0.15) is 5.76 Å². The average Bonchev–Trinajstić information content (AvgIpc) is 3.18. The van der Waals surface area contributed by atoms with Gasteiger partial charge in [0.05, 0.1) is 17.0 Å². The zero-order valence-corrected chi connectivity index (χ0v) is 18.9. The number of amides is 2. The van der Waals surface area contributed by atoms with Crippen molar-refractivity contribution in [2.75, 3.05) is 11.1 Å². The molecule has 2 atom stereocenters. The molecule has 0 aliphatic rings. The molecule has 0 bridgehead atoms. The van der Waals surface area contributed by atoms with Crippen LogP contribution in [0.15, 0.2) is 65.2 Å². The van der Waals surface area contributed by atoms with Crippen LogP contribution < -0.4 is 10.6 Å². The molecule has 162 valence electrons. The number of benzene rings is 2. The van der Waals surface area contributed by atoms with E-state index in [2.05, 4.69) is 15.8 Å².